The number of carbonyl (C=O) groups is 2. The molecule has 0 aromatic heterocycles. The van der Waals surface area contributed by atoms with E-state index in [2.05, 4.69) is 17.4 Å². The molecule has 18 heavy (non-hydrogen) atoms. The molecule has 0 radical (unpaired) electrons. The summed E-state index contributed by atoms with van der Waals surface area (Å²) in [7, 11) is 0. The van der Waals surface area contributed by atoms with E-state index in [-0.39, 0.29) is 18.7 Å². The van der Waals surface area contributed by atoms with Crippen molar-refractivity contribution in [1.29, 1.82) is 0 Å². The molecule has 1 amide bonds. The normalized spacial score (nSPS) is 10.2. The minimum absolute atomic E-state index is 0.0271. The maximum atomic E-state index is 11.4. The standard InChI is InChI=1S/C14H19NO3/c1-9-6-10(2)12(11(3)7-9)8-15-13(16)4-5-14(17)18/h6-7H,4-5,8H2,1-3H3,(H,15,16)(H,17,18). The third-order valence-electron chi connectivity index (χ3n) is 2.87. The lowest BCUT2D eigenvalue weighted by Gasteiger charge is -2.12. The van der Waals surface area contributed by atoms with E-state index in [0.29, 0.717) is 6.54 Å². The van der Waals surface area contributed by atoms with E-state index in [1.807, 2.05) is 20.8 Å². The molecule has 0 heterocycles. The topological polar surface area (TPSA) is 66.4 Å². The highest BCUT2D eigenvalue weighted by molar-refractivity contribution is 5.80. The van der Waals surface area contributed by atoms with Crippen LogP contribution in [0.25, 0.3) is 0 Å². The van der Waals surface area contributed by atoms with E-state index < -0.39 is 5.97 Å². The summed E-state index contributed by atoms with van der Waals surface area (Å²) in [5.41, 5.74) is 4.59. The van der Waals surface area contributed by atoms with Crippen LogP contribution in [0.1, 0.15) is 35.1 Å². The van der Waals surface area contributed by atoms with Crippen LogP contribution in [-0.4, -0.2) is 17.0 Å². The second kappa shape index (κ2) is 6.19. The first-order chi connectivity index (χ1) is 8.40. The average molecular weight is 249 g/mol. The van der Waals surface area contributed by atoms with Crippen molar-refractivity contribution >= 4 is 11.9 Å². The molecule has 1 aromatic carbocycles. The number of carboxylic acid groups (broad SMARTS) is 1. The van der Waals surface area contributed by atoms with Gasteiger partial charge in [0.25, 0.3) is 0 Å². The van der Waals surface area contributed by atoms with E-state index >= 15 is 0 Å². The Morgan fingerprint density at radius 3 is 2.17 bits per heavy atom. The minimum Gasteiger partial charge on any atom is -0.481 e. The Labute approximate surface area is 107 Å². The Kier molecular flexibility index (Phi) is 4.89. The molecule has 0 saturated heterocycles. The number of hydrogen-bond donors (Lipinski definition) is 2. The van der Waals surface area contributed by atoms with Crippen LogP contribution in [-0.2, 0) is 16.1 Å². The van der Waals surface area contributed by atoms with Gasteiger partial charge in [-0.1, -0.05) is 17.7 Å². The second-order valence-corrected chi connectivity index (χ2v) is 4.55. The van der Waals surface area contributed by atoms with Crippen LogP contribution < -0.4 is 5.32 Å². The van der Waals surface area contributed by atoms with E-state index in [0.717, 1.165) is 16.7 Å². The second-order valence-electron chi connectivity index (χ2n) is 4.55. The van der Waals surface area contributed by atoms with E-state index in [1.165, 1.54) is 5.56 Å². The molecule has 0 atom stereocenters. The van der Waals surface area contributed by atoms with Crippen LogP contribution >= 0.6 is 0 Å². The van der Waals surface area contributed by atoms with Crippen LogP contribution in [0.4, 0.5) is 0 Å². The van der Waals surface area contributed by atoms with Gasteiger partial charge in [-0.2, -0.15) is 0 Å². The molecule has 0 saturated carbocycles. The zero-order chi connectivity index (χ0) is 13.7. The summed E-state index contributed by atoms with van der Waals surface area (Å²) in [5.74, 6) is -1.18. The van der Waals surface area contributed by atoms with Crippen molar-refractivity contribution in [3.05, 3.63) is 34.4 Å². The third-order valence-corrected chi connectivity index (χ3v) is 2.87. The lowest BCUT2D eigenvalue weighted by molar-refractivity contribution is -0.138. The zero-order valence-corrected chi connectivity index (χ0v) is 11.0. The molecular formula is C14H19NO3. The van der Waals surface area contributed by atoms with Gasteiger partial charge in [-0.05, 0) is 37.5 Å². The highest BCUT2D eigenvalue weighted by Gasteiger charge is 2.08. The van der Waals surface area contributed by atoms with Gasteiger partial charge in [0, 0.05) is 13.0 Å². The van der Waals surface area contributed by atoms with Gasteiger partial charge in [0.05, 0.1) is 6.42 Å². The number of benzene rings is 1. The fourth-order valence-corrected chi connectivity index (χ4v) is 1.98. The maximum absolute atomic E-state index is 11.4. The van der Waals surface area contributed by atoms with Crippen LogP contribution in [0, 0.1) is 20.8 Å². The molecule has 4 heteroatoms. The van der Waals surface area contributed by atoms with Crippen molar-refractivity contribution in [2.45, 2.75) is 40.2 Å². The summed E-state index contributed by atoms with van der Waals surface area (Å²) < 4.78 is 0. The SMILES string of the molecule is Cc1cc(C)c(CNC(=O)CCC(=O)O)c(C)c1. The number of aryl methyl sites for hydroxylation is 3. The van der Waals surface area contributed by atoms with Crippen molar-refractivity contribution in [2.24, 2.45) is 0 Å². The highest BCUT2D eigenvalue weighted by Crippen LogP contribution is 2.16. The van der Waals surface area contributed by atoms with Crippen molar-refractivity contribution in [3.8, 4) is 0 Å². The molecule has 0 aliphatic carbocycles. The number of amides is 1. The Hall–Kier alpha value is -1.84. The summed E-state index contributed by atoms with van der Waals surface area (Å²) in [6, 6.07) is 4.15. The molecule has 0 aliphatic heterocycles. The van der Waals surface area contributed by atoms with Gasteiger partial charge in [0.1, 0.15) is 0 Å². The highest BCUT2D eigenvalue weighted by atomic mass is 16.4. The summed E-state index contributed by atoms with van der Waals surface area (Å²) >= 11 is 0. The van der Waals surface area contributed by atoms with Gasteiger partial charge in [0.2, 0.25) is 5.91 Å². The largest absolute Gasteiger partial charge is 0.481 e. The van der Waals surface area contributed by atoms with Gasteiger partial charge in [0.15, 0.2) is 0 Å². The predicted molar refractivity (Wildman–Crippen MR) is 69.4 cm³/mol. The fourth-order valence-electron chi connectivity index (χ4n) is 1.98. The quantitative estimate of drug-likeness (QED) is 0.839. The summed E-state index contributed by atoms with van der Waals surface area (Å²) in [5, 5.41) is 11.2. The molecule has 2 N–H and O–H groups in total. The van der Waals surface area contributed by atoms with Crippen LogP contribution in [0.2, 0.25) is 0 Å². The smallest absolute Gasteiger partial charge is 0.303 e. The molecular weight excluding hydrogens is 230 g/mol. The van der Waals surface area contributed by atoms with Gasteiger partial charge < -0.3 is 10.4 Å². The molecule has 0 bridgehead atoms. The number of rotatable bonds is 5. The molecule has 0 spiro atoms. The van der Waals surface area contributed by atoms with Crippen LogP contribution in [0.5, 0.6) is 0 Å². The predicted octanol–water partition coefficient (Wildman–Crippen LogP) is 2.09. The van der Waals surface area contributed by atoms with Gasteiger partial charge >= 0.3 is 5.97 Å². The molecule has 0 unspecified atom stereocenters. The Bertz CT molecular complexity index is 443. The van der Waals surface area contributed by atoms with E-state index in [4.69, 9.17) is 5.11 Å². The Morgan fingerprint density at radius 2 is 1.67 bits per heavy atom. The van der Waals surface area contributed by atoms with Crippen molar-refractivity contribution in [2.75, 3.05) is 0 Å². The number of aliphatic carboxylic acids is 1. The lowest BCUT2D eigenvalue weighted by Crippen LogP contribution is -2.24. The molecule has 1 rings (SSSR count). The van der Waals surface area contributed by atoms with E-state index in [1.54, 1.807) is 0 Å². The molecule has 0 fully saturated rings. The lowest BCUT2D eigenvalue weighted by atomic mass is 10.00. The third kappa shape index (κ3) is 4.20. The number of hydrogen-bond acceptors (Lipinski definition) is 2. The summed E-state index contributed by atoms with van der Waals surface area (Å²) in [4.78, 5) is 21.8. The van der Waals surface area contributed by atoms with Crippen LogP contribution in [0.15, 0.2) is 12.1 Å². The molecule has 1 aromatic rings. The maximum Gasteiger partial charge on any atom is 0.303 e. The first-order valence-electron chi connectivity index (χ1n) is 5.95. The number of nitrogens with one attached hydrogen (secondary N) is 1. The van der Waals surface area contributed by atoms with Crippen molar-refractivity contribution in [1.82, 2.24) is 5.32 Å². The average Bonchev–Trinajstić information content (AvgIpc) is 2.24. The van der Waals surface area contributed by atoms with Crippen LogP contribution in [0.3, 0.4) is 0 Å². The summed E-state index contributed by atoms with van der Waals surface area (Å²) in [6.45, 7) is 6.52. The van der Waals surface area contributed by atoms with Gasteiger partial charge in [-0.15, -0.1) is 0 Å². The van der Waals surface area contributed by atoms with E-state index in [9.17, 15) is 9.59 Å². The Balaban J connectivity index is 2.58. The minimum atomic E-state index is -0.951. The first kappa shape index (κ1) is 14.2. The number of carbonyl (C=O) groups excluding carboxylic acids is 1. The molecule has 0 aliphatic rings. The Morgan fingerprint density at radius 1 is 1.11 bits per heavy atom. The fraction of sp³-hybridized carbons (Fsp3) is 0.429. The van der Waals surface area contributed by atoms with Gasteiger partial charge in [-0.25, -0.2) is 0 Å². The molecule has 4 nitrogen and oxygen atoms in total. The first-order valence-corrected chi connectivity index (χ1v) is 5.95. The monoisotopic (exact) mass is 249 g/mol. The van der Waals surface area contributed by atoms with Crippen molar-refractivity contribution < 1.29 is 14.7 Å². The summed E-state index contributed by atoms with van der Waals surface area (Å²) in [6.07, 6.45) is -0.100. The molecule has 98 valence electrons. The zero-order valence-electron chi connectivity index (χ0n) is 11.0. The number of carboxylic acids is 1. The van der Waals surface area contributed by atoms with Gasteiger partial charge in [-0.3, -0.25) is 9.59 Å². The van der Waals surface area contributed by atoms with Crippen molar-refractivity contribution in [3.63, 3.8) is 0 Å².